The summed E-state index contributed by atoms with van der Waals surface area (Å²) in [6.45, 7) is 0. The van der Waals surface area contributed by atoms with E-state index in [1.165, 1.54) is 0 Å². The van der Waals surface area contributed by atoms with Gasteiger partial charge in [-0.1, -0.05) is 0 Å². The molecule has 0 atom stereocenters. The highest BCUT2D eigenvalue weighted by Crippen LogP contribution is 1.52. The van der Waals surface area contributed by atoms with Crippen molar-refractivity contribution in [2.75, 3.05) is 0 Å². The van der Waals surface area contributed by atoms with E-state index < -0.39 is 10.9 Å². The Bertz CT molecular complexity index is 131. The fourth-order valence-electron chi connectivity index (χ4n) is 0.0900. The Labute approximate surface area is 47.8 Å². The lowest BCUT2D eigenvalue weighted by atomic mass is 11.3. The Morgan fingerprint density at radius 3 is 2.14 bits per heavy atom. The predicted octanol–water partition coefficient (Wildman–Crippen LogP) is -1.65. The van der Waals surface area contributed by atoms with Crippen LogP contribution in [0.2, 0.25) is 0 Å². The van der Waals surface area contributed by atoms with E-state index in [9.17, 15) is 8.42 Å². The van der Waals surface area contributed by atoms with Crippen LogP contribution < -0.4 is 10.5 Å². The highest BCUT2D eigenvalue weighted by Gasteiger charge is 1.80. The maximum absolute atomic E-state index is 9.57. The first-order valence-corrected chi connectivity index (χ1v) is 2.92. The Balaban J connectivity index is 3.53. The molecule has 42 valence electrons. The summed E-state index contributed by atoms with van der Waals surface area (Å²) in [5.74, 6) is 0. The van der Waals surface area contributed by atoms with Crippen molar-refractivity contribution < 1.29 is 8.42 Å². The van der Waals surface area contributed by atoms with Crippen molar-refractivity contribution in [1.29, 1.82) is 0 Å². The van der Waals surface area contributed by atoms with Gasteiger partial charge in [-0.2, -0.15) is 0 Å². The average molecular weight is 140 g/mol. The summed E-state index contributed by atoms with van der Waals surface area (Å²) in [5.41, 5.74) is 4.73. The van der Waals surface area contributed by atoms with Crippen molar-refractivity contribution in [2.24, 2.45) is 5.73 Å². The second-order valence-electron chi connectivity index (χ2n) is 0.733. The highest BCUT2D eigenvalue weighted by atomic mass is 32.2. The van der Waals surface area contributed by atoms with Crippen molar-refractivity contribution in [1.82, 2.24) is 4.72 Å². The van der Waals surface area contributed by atoms with Crippen LogP contribution in [0.5, 0.6) is 0 Å². The van der Waals surface area contributed by atoms with Crippen molar-refractivity contribution >= 4 is 28.2 Å². The third-order valence-corrected chi connectivity index (χ3v) is 0.878. The molecule has 6 heteroatoms. The number of rotatable bonds is 1. The number of nitrogens with two attached hydrogens (primary N) is 1. The van der Waals surface area contributed by atoms with Gasteiger partial charge >= 0.3 is 0 Å². The molecule has 0 aromatic carbocycles. The first kappa shape index (κ1) is 6.64. The van der Waals surface area contributed by atoms with Crippen molar-refractivity contribution in [3.63, 3.8) is 0 Å². The van der Waals surface area contributed by atoms with Crippen LogP contribution in [0.3, 0.4) is 0 Å². The molecule has 4 nitrogen and oxygen atoms in total. The molecule has 0 aliphatic heterocycles. The molecule has 0 fully saturated rings. The Kier molecular flexibility index (Phi) is 2.61. The second-order valence-corrected chi connectivity index (χ2v) is 1.91. The van der Waals surface area contributed by atoms with Gasteiger partial charge in [0.1, 0.15) is 0 Å². The molecule has 7 heavy (non-hydrogen) atoms. The van der Waals surface area contributed by atoms with Crippen LogP contribution in [0.4, 0.5) is 0 Å². The molecule has 0 aromatic heterocycles. The molecule has 0 unspecified atom stereocenters. The number of thiocarbonyl (C=S) groups is 1. The summed E-state index contributed by atoms with van der Waals surface area (Å²) in [5, 5.41) is -0.226. The normalized spacial score (nSPS) is 8.71. The van der Waals surface area contributed by atoms with Gasteiger partial charge in [0.25, 0.3) is 0 Å². The number of hydrogen-bond acceptors (Lipinski definition) is 3. The number of nitrogens with one attached hydrogen (secondary N) is 1. The molecule has 3 N–H and O–H groups in total. The van der Waals surface area contributed by atoms with E-state index in [1.807, 2.05) is 0 Å². The summed E-state index contributed by atoms with van der Waals surface area (Å²) in [6.07, 6.45) is 0. The van der Waals surface area contributed by atoms with Crippen LogP contribution in [0.1, 0.15) is 0 Å². The zero-order valence-electron chi connectivity index (χ0n) is 3.25. The lowest BCUT2D eigenvalue weighted by Gasteiger charge is -1.86. The smallest absolute Gasteiger partial charge is 0.224 e. The molecule has 0 radical (unpaired) electrons. The lowest BCUT2D eigenvalue weighted by molar-refractivity contribution is 0.612. The average Bonchev–Trinajstić information content (AvgIpc) is 1.27. The summed E-state index contributed by atoms with van der Waals surface area (Å²) in [7, 11) is -2.66. The molecule has 0 spiro atoms. The summed E-state index contributed by atoms with van der Waals surface area (Å²) in [6, 6.07) is 0. The van der Waals surface area contributed by atoms with E-state index in [0.717, 1.165) is 0 Å². The summed E-state index contributed by atoms with van der Waals surface area (Å²) < 4.78 is 20.9. The third kappa shape index (κ3) is 5.64. The van der Waals surface area contributed by atoms with Crippen LogP contribution >= 0.6 is 12.2 Å². The largest absolute Gasteiger partial charge is 0.376 e. The van der Waals surface area contributed by atoms with E-state index in [-0.39, 0.29) is 5.11 Å². The first-order chi connectivity index (χ1) is 3.13. The molecule has 0 aromatic rings. The minimum Gasteiger partial charge on any atom is -0.376 e. The lowest BCUT2D eigenvalue weighted by Crippen LogP contribution is -2.27. The zero-order chi connectivity index (χ0) is 5.86. The van der Waals surface area contributed by atoms with Crippen LogP contribution in [0.25, 0.3) is 0 Å². The quantitative estimate of drug-likeness (QED) is 0.301. The van der Waals surface area contributed by atoms with Crippen molar-refractivity contribution in [3.8, 4) is 0 Å². The van der Waals surface area contributed by atoms with E-state index in [0.29, 0.717) is 0 Å². The van der Waals surface area contributed by atoms with Gasteiger partial charge in [0.15, 0.2) is 5.11 Å². The molecule has 0 saturated heterocycles. The maximum Gasteiger partial charge on any atom is 0.224 e. The third-order valence-electron chi connectivity index (χ3n) is 0.201. The van der Waals surface area contributed by atoms with E-state index in [2.05, 4.69) is 12.2 Å². The van der Waals surface area contributed by atoms with Gasteiger partial charge in [-0.15, -0.1) is 0 Å². The minimum absolute atomic E-state index is 0.226. The summed E-state index contributed by atoms with van der Waals surface area (Å²) >= 11 is 4.15. The first-order valence-electron chi connectivity index (χ1n) is 1.33. The number of hydrogen-bond donors (Lipinski definition) is 3. The molecule has 0 saturated carbocycles. The fraction of sp³-hybridized carbons (Fsp3) is 0. The molecular weight excluding hydrogens is 136 g/mol. The monoisotopic (exact) mass is 140 g/mol. The molecule has 0 bridgehead atoms. The SMILES string of the molecule is NC(=S)N[SH](=O)=O. The highest BCUT2D eigenvalue weighted by molar-refractivity contribution is 7.82. The molecular formula is CH4N2O2S2. The van der Waals surface area contributed by atoms with Crippen molar-refractivity contribution in [2.45, 2.75) is 0 Å². The number of thiol groups is 1. The second kappa shape index (κ2) is 2.75. The fourth-order valence-corrected chi connectivity index (χ4v) is 0.494. The van der Waals surface area contributed by atoms with Crippen LogP contribution in [-0.2, 0) is 10.9 Å². The topological polar surface area (TPSA) is 72.2 Å². The van der Waals surface area contributed by atoms with Gasteiger partial charge < -0.3 is 5.73 Å². The minimum atomic E-state index is -2.66. The van der Waals surface area contributed by atoms with Gasteiger partial charge in [0.2, 0.25) is 10.9 Å². The van der Waals surface area contributed by atoms with Gasteiger partial charge in [0.05, 0.1) is 0 Å². The Morgan fingerprint density at radius 2 is 2.14 bits per heavy atom. The molecule has 0 amide bonds. The van der Waals surface area contributed by atoms with Crippen LogP contribution in [0.15, 0.2) is 0 Å². The van der Waals surface area contributed by atoms with Crippen LogP contribution in [-0.4, -0.2) is 13.5 Å². The van der Waals surface area contributed by atoms with Crippen molar-refractivity contribution in [3.05, 3.63) is 0 Å². The standard InChI is InChI=1S/CH4N2O2S2/c2-1(6)3-7(4)5/h7H,(H3,2,3,4,5,6). The molecule has 0 aliphatic rings. The van der Waals surface area contributed by atoms with E-state index >= 15 is 0 Å². The van der Waals surface area contributed by atoms with E-state index in [1.54, 1.807) is 4.72 Å². The van der Waals surface area contributed by atoms with Gasteiger partial charge in [0, 0.05) is 0 Å². The Hall–Kier alpha value is -0.360. The molecule has 0 aliphatic carbocycles. The van der Waals surface area contributed by atoms with Gasteiger partial charge in [-0.25, -0.2) is 8.42 Å². The predicted molar refractivity (Wildman–Crippen MR) is 30.2 cm³/mol. The van der Waals surface area contributed by atoms with Crippen LogP contribution in [0, 0.1) is 0 Å². The van der Waals surface area contributed by atoms with E-state index in [4.69, 9.17) is 5.73 Å². The summed E-state index contributed by atoms with van der Waals surface area (Å²) in [4.78, 5) is 0. The van der Waals surface area contributed by atoms with Gasteiger partial charge in [-0.05, 0) is 12.2 Å². The maximum atomic E-state index is 9.57. The van der Waals surface area contributed by atoms with Gasteiger partial charge in [-0.3, -0.25) is 4.72 Å². The Morgan fingerprint density at radius 1 is 1.71 bits per heavy atom. The molecule has 0 heterocycles. The zero-order valence-corrected chi connectivity index (χ0v) is 4.96. The molecule has 0 rings (SSSR count).